The quantitative estimate of drug-likeness (QED) is 0.835. The van der Waals surface area contributed by atoms with E-state index in [-0.39, 0.29) is 6.61 Å². The van der Waals surface area contributed by atoms with Gasteiger partial charge in [0.05, 0.1) is 12.0 Å². The Morgan fingerprint density at radius 2 is 1.83 bits per heavy atom. The minimum absolute atomic E-state index is 0.120. The summed E-state index contributed by atoms with van der Waals surface area (Å²) in [6.07, 6.45) is 1.58. The summed E-state index contributed by atoms with van der Waals surface area (Å²) in [5.74, 6) is -1.90. The third-order valence-corrected chi connectivity index (χ3v) is 4.09. The van der Waals surface area contributed by atoms with Crippen molar-refractivity contribution in [1.29, 1.82) is 0 Å². The molecule has 6 nitrogen and oxygen atoms in total. The van der Waals surface area contributed by atoms with E-state index in [1.807, 2.05) is 5.32 Å². The molecule has 2 rings (SSSR count). The number of halogens is 1. The van der Waals surface area contributed by atoms with Gasteiger partial charge in [-0.25, -0.2) is 9.18 Å². The van der Waals surface area contributed by atoms with E-state index < -0.39 is 35.8 Å². The number of ether oxygens (including phenoxy) is 2. The molecule has 0 saturated heterocycles. The minimum Gasteiger partial charge on any atom is -0.455 e. The lowest BCUT2D eigenvalue weighted by Gasteiger charge is -2.27. The zero-order valence-corrected chi connectivity index (χ0v) is 13.5. The molecule has 1 N–H and O–H groups in total. The van der Waals surface area contributed by atoms with Crippen molar-refractivity contribution in [2.45, 2.75) is 38.0 Å². The van der Waals surface area contributed by atoms with Crippen LogP contribution in [0.1, 0.15) is 38.2 Å². The molecule has 1 saturated carbocycles. The second kappa shape index (κ2) is 7.90. The first-order valence-electron chi connectivity index (χ1n) is 7.88. The molecule has 0 aliphatic heterocycles. The number of alkyl carbamates (subject to hydrolysis) is 1. The number of esters is 1. The fourth-order valence-electron chi connectivity index (χ4n) is 3.00. The van der Waals surface area contributed by atoms with Gasteiger partial charge < -0.3 is 9.47 Å². The predicted octanol–water partition coefficient (Wildman–Crippen LogP) is 2.45. The Bertz CT molecular complexity index is 625. The van der Waals surface area contributed by atoms with Gasteiger partial charge in [0.1, 0.15) is 5.82 Å². The van der Waals surface area contributed by atoms with Crippen molar-refractivity contribution >= 4 is 18.0 Å². The molecule has 0 aromatic heterocycles. The van der Waals surface area contributed by atoms with Gasteiger partial charge in [0, 0.05) is 5.56 Å². The van der Waals surface area contributed by atoms with Crippen LogP contribution in [0.15, 0.2) is 24.3 Å². The molecule has 130 valence electrons. The Morgan fingerprint density at radius 3 is 2.46 bits per heavy atom. The van der Waals surface area contributed by atoms with Crippen molar-refractivity contribution in [2.75, 3.05) is 13.2 Å². The highest BCUT2D eigenvalue weighted by Crippen LogP contribution is 2.43. The first-order valence-corrected chi connectivity index (χ1v) is 7.88. The van der Waals surface area contributed by atoms with Crippen LogP contribution in [-0.4, -0.2) is 31.2 Å². The summed E-state index contributed by atoms with van der Waals surface area (Å²) in [5, 5.41) is 1.94. The molecule has 0 radical (unpaired) electrons. The standard InChI is InChI=1S/C17H20FNO5/c1-2-23-16(22)19-14(20)11-24-15(21)17(9-5-6-10-17)12-7-3-4-8-13(12)18/h3-4,7-8H,2,5-6,9-11H2,1H3,(H,19,20,22). The fraction of sp³-hybridized carbons (Fsp3) is 0.471. The van der Waals surface area contributed by atoms with Crippen molar-refractivity contribution in [2.24, 2.45) is 0 Å². The Morgan fingerprint density at radius 1 is 1.17 bits per heavy atom. The van der Waals surface area contributed by atoms with Crippen LogP contribution in [0.3, 0.4) is 0 Å². The zero-order chi connectivity index (χ0) is 17.6. The number of amides is 2. The van der Waals surface area contributed by atoms with Crippen molar-refractivity contribution in [3.05, 3.63) is 35.6 Å². The number of imide groups is 1. The largest absolute Gasteiger partial charge is 0.455 e. The molecule has 0 heterocycles. The second-order valence-electron chi connectivity index (χ2n) is 5.61. The first kappa shape index (κ1) is 17.9. The van der Waals surface area contributed by atoms with Gasteiger partial charge in [-0.15, -0.1) is 0 Å². The van der Waals surface area contributed by atoms with Crippen LogP contribution in [0.25, 0.3) is 0 Å². The minimum atomic E-state index is -1.07. The molecule has 0 spiro atoms. The number of hydrogen-bond acceptors (Lipinski definition) is 5. The molecule has 1 aromatic carbocycles. The summed E-state index contributed by atoms with van der Waals surface area (Å²) in [4.78, 5) is 35.3. The summed E-state index contributed by atoms with van der Waals surface area (Å²) >= 11 is 0. The molecule has 0 atom stereocenters. The maximum atomic E-state index is 14.2. The molecule has 2 amide bonds. The first-order chi connectivity index (χ1) is 11.5. The van der Waals surface area contributed by atoms with Gasteiger partial charge in [-0.3, -0.25) is 14.9 Å². The normalized spacial score (nSPS) is 15.6. The van der Waals surface area contributed by atoms with E-state index >= 15 is 0 Å². The molecule has 24 heavy (non-hydrogen) atoms. The molecule has 0 unspecified atom stereocenters. The summed E-state index contributed by atoms with van der Waals surface area (Å²) < 4.78 is 23.8. The molecule has 1 aliphatic rings. The van der Waals surface area contributed by atoms with Crippen LogP contribution in [-0.2, 0) is 24.5 Å². The Balaban J connectivity index is 2.04. The van der Waals surface area contributed by atoms with E-state index in [0.29, 0.717) is 18.4 Å². The third-order valence-electron chi connectivity index (χ3n) is 4.09. The Hall–Kier alpha value is -2.44. The maximum Gasteiger partial charge on any atom is 0.413 e. The monoisotopic (exact) mass is 337 g/mol. The molecule has 1 fully saturated rings. The number of hydrogen-bond donors (Lipinski definition) is 1. The van der Waals surface area contributed by atoms with Gasteiger partial charge in [0.25, 0.3) is 5.91 Å². The highest BCUT2D eigenvalue weighted by Gasteiger charge is 2.45. The SMILES string of the molecule is CCOC(=O)NC(=O)COC(=O)C1(c2ccccc2F)CCCC1. The van der Waals surface area contributed by atoms with E-state index in [0.717, 1.165) is 12.8 Å². The second-order valence-corrected chi connectivity index (χ2v) is 5.61. The molecular weight excluding hydrogens is 317 g/mol. The van der Waals surface area contributed by atoms with E-state index in [1.165, 1.54) is 6.07 Å². The number of nitrogens with one attached hydrogen (secondary N) is 1. The van der Waals surface area contributed by atoms with Gasteiger partial charge in [-0.2, -0.15) is 0 Å². The van der Waals surface area contributed by atoms with Crippen molar-refractivity contribution < 1.29 is 28.2 Å². The lowest BCUT2D eigenvalue weighted by atomic mass is 9.78. The summed E-state index contributed by atoms with van der Waals surface area (Å²) in [7, 11) is 0. The predicted molar refractivity (Wildman–Crippen MR) is 82.7 cm³/mol. The highest BCUT2D eigenvalue weighted by atomic mass is 19.1. The Kier molecular flexibility index (Phi) is 5.89. The van der Waals surface area contributed by atoms with E-state index in [1.54, 1.807) is 25.1 Å². The molecule has 7 heteroatoms. The van der Waals surface area contributed by atoms with Gasteiger partial charge in [0.15, 0.2) is 6.61 Å². The van der Waals surface area contributed by atoms with Crippen LogP contribution in [0.2, 0.25) is 0 Å². The van der Waals surface area contributed by atoms with E-state index in [2.05, 4.69) is 4.74 Å². The summed E-state index contributed by atoms with van der Waals surface area (Å²) in [5.41, 5.74) is -0.784. The highest BCUT2D eigenvalue weighted by molar-refractivity contribution is 5.94. The van der Waals surface area contributed by atoms with Crippen LogP contribution in [0, 0.1) is 5.82 Å². The van der Waals surface area contributed by atoms with Crippen LogP contribution >= 0.6 is 0 Å². The summed E-state index contributed by atoms with van der Waals surface area (Å²) in [6, 6.07) is 6.09. The smallest absolute Gasteiger partial charge is 0.413 e. The molecule has 1 aliphatic carbocycles. The van der Waals surface area contributed by atoms with Gasteiger partial charge in [-0.1, -0.05) is 31.0 Å². The lowest BCUT2D eigenvalue weighted by Crippen LogP contribution is -2.39. The van der Waals surface area contributed by atoms with E-state index in [4.69, 9.17) is 4.74 Å². The van der Waals surface area contributed by atoms with Crippen LogP contribution in [0.4, 0.5) is 9.18 Å². The number of benzene rings is 1. The average Bonchev–Trinajstić information content (AvgIpc) is 3.04. The Labute approximate surface area is 139 Å². The van der Waals surface area contributed by atoms with Crippen LogP contribution in [0.5, 0.6) is 0 Å². The van der Waals surface area contributed by atoms with Crippen molar-refractivity contribution in [1.82, 2.24) is 5.32 Å². The van der Waals surface area contributed by atoms with E-state index in [9.17, 15) is 18.8 Å². The third kappa shape index (κ3) is 3.90. The fourth-order valence-corrected chi connectivity index (χ4v) is 3.00. The number of carbonyl (C=O) groups excluding carboxylic acids is 3. The zero-order valence-electron chi connectivity index (χ0n) is 13.5. The van der Waals surface area contributed by atoms with Gasteiger partial charge >= 0.3 is 12.1 Å². The van der Waals surface area contributed by atoms with Crippen LogP contribution < -0.4 is 5.32 Å². The van der Waals surface area contributed by atoms with Gasteiger partial charge in [0.2, 0.25) is 0 Å². The average molecular weight is 337 g/mol. The lowest BCUT2D eigenvalue weighted by molar-refractivity contribution is -0.154. The number of rotatable bonds is 5. The molecule has 1 aromatic rings. The maximum absolute atomic E-state index is 14.2. The molecular formula is C17H20FNO5. The molecule has 0 bridgehead atoms. The van der Waals surface area contributed by atoms with Gasteiger partial charge in [-0.05, 0) is 25.8 Å². The van der Waals surface area contributed by atoms with Crippen molar-refractivity contribution in [3.63, 3.8) is 0 Å². The summed E-state index contributed by atoms with van der Waals surface area (Å²) in [6.45, 7) is 1.10. The topological polar surface area (TPSA) is 81.7 Å². The van der Waals surface area contributed by atoms with Crippen molar-refractivity contribution in [3.8, 4) is 0 Å². The number of carbonyl (C=O) groups is 3.